The van der Waals surface area contributed by atoms with Crippen LogP contribution in [0.4, 0.5) is 0 Å². The Morgan fingerprint density at radius 1 is 0.435 bits per heavy atom. The van der Waals surface area contributed by atoms with E-state index < -0.39 is 0 Å². The molecule has 0 atom stereocenters. The Morgan fingerprint density at radius 3 is 2.04 bits per heavy atom. The summed E-state index contributed by atoms with van der Waals surface area (Å²) < 4.78 is 6.42. The molecule has 1 heterocycles. The standard InChI is InChI=1S/C45H30O/c1-45(2)39-18-6-5-15-35(39)43-38(33-16-7-11-27-10-3-4-14-32(27)33)26-31-21-20-29(24-36(31)44(43)45)30-22-23-40-37(25-30)34-17-8-12-28-13-9-19-41(46-40)42(28)34/h3-26H,1-2H3. The van der Waals surface area contributed by atoms with Gasteiger partial charge in [0.05, 0.1) is 0 Å². The molecule has 0 saturated heterocycles. The molecule has 8 aromatic rings. The van der Waals surface area contributed by atoms with Gasteiger partial charge in [0.25, 0.3) is 0 Å². The van der Waals surface area contributed by atoms with Gasteiger partial charge in [-0.05, 0) is 107 Å². The van der Waals surface area contributed by atoms with Gasteiger partial charge in [-0.15, -0.1) is 0 Å². The molecule has 2 aliphatic rings. The summed E-state index contributed by atoms with van der Waals surface area (Å²) in [5, 5.41) is 7.54. The predicted octanol–water partition coefficient (Wildman–Crippen LogP) is 12.6. The average Bonchev–Trinajstić information content (AvgIpc) is 3.34. The largest absolute Gasteiger partial charge is 0.456 e. The fraction of sp³-hybridized carbons (Fsp3) is 0.0667. The maximum Gasteiger partial charge on any atom is 0.135 e. The molecule has 0 N–H and O–H groups in total. The molecule has 0 spiro atoms. The van der Waals surface area contributed by atoms with Crippen molar-refractivity contribution in [1.29, 1.82) is 0 Å². The van der Waals surface area contributed by atoms with Gasteiger partial charge in [0.1, 0.15) is 11.5 Å². The zero-order chi connectivity index (χ0) is 30.6. The Morgan fingerprint density at radius 2 is 1.13 bits per heavy atom. The third-order valence-electron chi connectivity index (χ3n) is 10.4. The van der Waals surface area contributed by atoms with E-state index in [1.807, 2.05) is 0 Å². The smallest absolute Gasteiger partial charge is 0.135 e. The molecule has 1 aliphatic heterocycles. The van der Waals surface area contributed by atoms with Gasteiger partial charge in [-0.2, -0.15) is 0 Å². The highest BCUT2D eigenvalue weighted by Crippen LogP contribution is 2.56. The molecule has 1 heteroatoms. The number of hydrogen-bond donors (Lipinski definition) is 0. The molecule has 8 aromatic carbocycles. The van der Waals surface area contributed by atoms with E-state index in [1.165, 1.54) is 82.4 Å². The molecular weight excluding hydrogens is 556 g/mol. The molecular formula is C45H30O. The Labute approximate surface area is 268 Å². The van der Waals surface area contributed by atoms with Gasteiger partial charge in [0, 0.05) is 16.4 Å². The molecule has 1 aliphatic carbocycles. The molecule has 0 aromatic heterocycles. The maximum atomic E-state index is 6.42. The Balaban J connectivity index is 1.22. The van der Waals surface area contributed by atoms with Gasteiger partial charge >= 0.3 is 0 Å². The summed E-state index contributed by atoms with van der Waals surface area (Å²) in [7, 11) is 0. The quantitative estimate of drug-likeness (QED) is 0.196. The summed E-state index contributed by atoms with van der Waals surface area (Å²) in [6, 6.07) is 53.4. The third kappa shape index (κ3) is 3.46. The van der Waals surface area contributed by atoms with E-state index >= 15 is 0 Å². The summed E-state index contributed by atoms with van der Waals surface area (Å²) in [6.07, 6.45) is 0. The highest BCUT2D eigenvalue weighted by Gasteiger charge is 2.38. The lowest BCUT2D eigenvalue weighted by atomic mass is 9.78. The zero-order valence-corrected chi connectivity index (χ0v) is 25.8. The van der Waals surface area contributed by atoms with Crippen LogP contribution in [0.1, 0.15) is 25.0 Å². The minimum absolute atomic E-state index is 0.146. The number of rotatable bonds is 2. The first kappa shape index (κ1) is 25.6. The Bertz CT molecular complexity index is 2570. The van der Waals surface area contributed by atoms with E-state index in [9.17, 15) is 0 Å². The summed E-state index contributed by atoms with van der Waals surface area (Å²) in [4.78, 5) is 0. The van der Waals surface area contributed by atoms with E-state index in [-0.39, 0.29) is 5.41 Å². The minimum Gasteiger partial charge on any atom is -0.456 e. The van der Waals surface area contributed by atoms with Crippen molar-refractivity contribution in [2.45, 2.75) is 19.3 Å². The third-order valence-corrected chi connectivity index (χ3v) is 10.4. The van der Waals surface area contributed by atoms with Gasteiger partial charge < -0.3 is 4.74 Å². The Kier molecular flexibility index (Phi) is 5.12. The number of hydrogen-bond acceptors (Lipinski definition) is 1. The van der Waals surface area contributed by atoms with E-state index in [0.717, 1.165) is 17.1 Å². The van der Waals surface area contributed by atoms with Crippen LogP contribution in [0.5, 0.6) is 11.5 Å². The van der Waals surface area contributed by atoms with Crippen LogP contribution in [0.3, 0.4) is 0 Å². The van der Waals surface area contributed by atoms with E-state index in [1.54, 1.807) is 0 Å². The van der Waals surface area contributed by atoms with E-state index in [2.05, 4.69) is 159 Å². The van der Waals surface area contributed by atoms with Crippen molar-refractivity contribution >= 4 is 32.3 Å². The second-order valence-electron chi connectivity index (χ2n) is 13.3. The summed E-state index contributed by atoms with van der Waals surface area (Å²) in [5.41, 5.74) is 12.7. The van der Waals surface area contributed by atoms with Crippen molar-refractivity contribution in [1.82, 2.24) is 0 Å². The van der Waals surface area contributed by atoms with E-state index in [0.29, 0.717) is 0 Å². The highest BCUT2D eigenvalue weighted by molar-refractivity contribution is 6.10. The normalized spacial score (nSPS) is 13.8. The molecule has 0 unspecified atom stereocenters. The zero-order valence-electron chi connectivity index (χ0n) is 25.8. The van der Waals surface area contributed by atoms with Gasteiger partial charge in [-0.1, -0.05) is 129 Å². The molecule has 10 rings (SSSR count). The van der Waals surface area contributed by atoms with Gasteiger partial charge in [0.2, 0.25) is 0 Å². The fourth-order valence-electron chi connectivity index (χ4n) is 8.30. The molecule has 0 bridgehead atoms. The van der Waals surface area contributed by atoms with Crippen LogP contribution in [0.25, 0.3) is 76.8 Å². The van der Waals surface area contributed by atoms with Crippen LogP contribution < -0.4 is 4.74 Å². The first-order valence-corrected chi connectivity index (χ1v) is 16.1. The summed E-state index contributed by atoms with van der Waals surface area (Å²) >= 11 is 0. The number of benzene rings is 8. The van der Waals surface area contributed by atoms with Crippen LogP contribution in [0, 0.1) is 0 Å². The SMILES string of the molecule is CC1(C)c2ccccc2-c2c(-c3cccc4ccccc34)cc3ccc(-c4ccc5c(c4)-c4cccc6cccc(c46)O5)cc3c21. The highest BCUT2D eigenvalue weighted by atomic mass is 16.5. The number of ether oxygens (including phenoxy) is 1. The van der Waals surface area contributed by atoms with Crippen molar-refractivity contribution < 1.29 is 4.74 Å². The number of fused-ring (bicyclic) bond motifs is 8. The maximum absolute atomic E-state index is 6.42. The second-order valence-corrected chi connectivity index (χ2v) is 13.3. The molecule has 0 radical (unpaired) electrons. The van der Waals surface area contributed by atoms with Crippen LogP contribution >= 0.6 is 0 Å². The average molecular weight is 587 g/mol. The fourth-order valence-corrected chi connectivity index (χ4v) is 8.30. The summed E-state index contributed by atoms with van der Waals surface area (Å²) in [5.74, 6) is 1.84. The van der Waals surface area contributed by atoms with Crippen LogP contribution in [0.2, 0.25) is 0 Å². The van der Waals surface area contributed by atoms with Crippen LogP contribution in [-0.4, -0.2) is 0 Å². The van der Waals surface area contributed by atoms with E-state index in [4.69, 9.17) is 4.74 Å². The first-order chi connectivity index (χ1) is 22.6. The molecule has 46 heavy (non-hydrogen) atoms. The lowest BCUT2D eigenvalue weighted by Crippen LogP contribution is -2.15. The Hall–Kier alpha value is -5.66. The van der Waals surface area contributed by atoms with Crippen LogP contribution in [-0.2, 0) is 5.41 Å². The topological polar surface area (TPSA) is 9.23 Å². The molecule has 216 valence electrons. The lowest BCUT2D eigenvalue weighted by Gasteiger charge is -2.25. The van der Waals surface area contributed by atoms with Gasteiger partial charge in [-0.25, -0.2) is 0 Å². The van der Waals surface area contributed by atoms with Crippen molar-refractivity contribution in [2.75, 3.05) is 0 Å². The molecule has 0 amide bonds. The van der Waals surface area contributed by atoms with Crippen molar-refractivity contribution in [3.8, 4) is 56.0 Å². The molecule has 1 nitrogen and oxygen atoms in total. The monoisotopic (exact) mass is 586 g/mol. The lowest BCUT2D eigenvalue weighted by molar-refractivity contribution is 0.487. The first-order valence-electron chi connectivity index (χ1n) is 16.1. The van der Waals surface area contributed by atoms with Crippen molar-refractivity contribution in [3.05, 3.63) is 157 Å². The van der Waals surface area contributed by atoms with Crippen molar-refractivity contribution in [3.63, 3.8) is 0 Å². The van der Waals surface area contributed by atoms with Crippen molar-refractivity contribution in [2.24, 2.45) is 0 Å². The summed E-state index contributed by atoms with van der Waals surface area (Å²) in [6.45, 7) is 4.79. The van der Waals surface area contributed by atoms with Crippen LogP contribution in [0.15, 0.2) is 146 Å². The molecule has 0 fully saturated rings. The minimum atomic E-state index is -0.146. The second kappa shape index (κ2) is 9.19. The van der Waals surface area contributed by atoms with Gasteiger partial charge in [0.15, 0.2) is 0 Å². The van der Waals surface area contributed by atoms with Gasteiger partial charge in [-0.3, -0.25) is 0 Å². The predicted molar refractivity (Wildman–Crippen MR) is 193 cm³/mol. The molecule has 0 saturated carbocycles.